The monoisotopic (exact) mass is 321 g/mol. The molecule has 1 unspecified atom stereocenters. The Hall–Kier alpha value is -1.18. The lowest BCUT2D eigenvalue weighted by atomic mass is 10.1. The van der Waals surface area contributed by atoms with Crippen LogP contribution in [0.4, 0.5) is 4.39 Å². The van der Waals surface area contributed by atoms with Crippen LogP contribution in [0.15, 0.2) is 23.1 Å². The summed E-state index contributed by atoms with van der Waals surface area (Å²) in [5.74, 6) is -1.96. The van der Waals surface area contributed by atoms with E-state index >= 15 is 0 Å². The fraction of sp³-hybridized carbons (Fsp3) is 0.417. The molecular formula is C12H13ClFNO4S. The molecule has 1 saturated heterocycles. The van der Waals surface area contributed by atoms with Crippen molar-refractivity contribution in [3.05, 3.63) is 29.0 Å². The fourth-order valence-corrected chi connectivity index (χ4v) is 3.95. The molecule has 1 fully saturated rings. The quantitative estimate of drug-likeness (QED) is 0.794. The molecule has 0 spiro atoms. The van der Waals surface area contributed by atoms with Crippen LogP contribution in [0, 0.1) is 11.7 Å². The zero-order valence-corrected chi connectivity index (χ0v) is 12.2. The van der Waals surface area contributed by atoms with Gasteiger partial charge in [-0.25, -0.2) is 12.8 Å². The summed E-state index contributed by atoms with van der Waals surface area (Å²) in [6.07, 6.45) is 0.355. The van der Waals surface area contributed by atoms with Gasteiger partial charge in [-0.15, -0.1) is 0 Å². The molecule has 1 atom stereocenters. The van der Waals surface area contributed by atoms with Gasteiger partial charge in [-0.3, -0.25) is 4.79 Å². The van der Waals surface area contributed by atoms with E-state index in [1.165, 1.54) is 19.2 Å². The summed E-state index contributed by atoms with van der Waals surface area (Å²) in [5.41, 5.74) is 0. The number of carbonyl (C=O) groups is 1. The van der Waals surface area contributed by atoms with Crippen molar-refractivity contribution < 1.29 is 22.3 Å². The summed E-state index contributed by atoms with van der Waals surface area (Å²) >= 11 is 5.60. The van der Waals surface area contributed by atoms with Gasteiger partial charge >= 0.3 is 5.97 Å². The van der Waals surface area contributed by atoms with Gasteiger partial charge in [-0.05, 0) is 18.6 Å². The number of methoxy groups -OCH3 is 1. The maximum absolute atomic E-state index is 13.8. The number of rotatable bonds is 3. The van der Waals surface area contributed by atoms with E-state index in [9.17, 15) is 17.6 Å². The highest BCUT2D eigenvalue weighted by atomic mass is 35.5. The van der Waals surface area contributed by atoms with Crippen molar-refractivity contribution >= 4 is 27.6 Å². The highest BCUT2D eigenvalue weighted by molar-refractivity contribution is 7.89. The van der Waals surface area contributed by atoms with Crippen molar-refractivity contribution in [2.45, 2.75) is 11.3 Å². The molecule has 0 saturated carbocycles. The lowest BCUT2D eigenvalue weighted by Gasteiger charge is -2.16. The molecule has 8 heteroatoms. The van der Waals surface area contributed by atoms with Crippen LogP contribution in [-0.4, -0.2) is 38.9 Å². The zero-order valence-electron chi connectivity index (χ0n) is 10.7. The van der Waals surface area contributed by atoms with E-state index in [0.29, 0.717) is 6.42 Å². The van der Waals surface area contributed by atoms with Crippen molar-refractivity contribution in [1.82, 2.24) is 4.31 Å². The maximum Gasteiger partial charge on any atom is 0.310 e. The minimum absolute atomic E-state index is 0.0129. The zero-order chi connectivity index (χ0) is 14.9. The predicted octanol–water partition coefficient (Wildman–Crippen LogP) is 1.66. The Bertz CT molecular complexity index is 634. The van der Waals surface area contributed by atoms with E-state index in [1.54, 1.807) is 0 Å². The van der Waals surface area contributed by atoms with Crippen LogP contribution in [0.25, 0.3) is 0 Å². The van der Waals surface area contributed by atoms with Crippen LogP contribution in [0.5, 0.6) is 0 Å². The first-order valence-corrected chi connectivity index (χ1v) is 7.71. The molecule has 0 aliphatic carbocycles. The molecule has 110 valence electrons. The predicted molar refractivity (Wildman–Crippen MR) is 70.3 cm³/mol. The van der Waals surface area contributed by atoms with Crippen molar-refractivity contribution in [3.63, 3.8) is 0 Å². The number of carbonyl (C=O) groups excluding carboxylic acids is 1. The number of sulfonamides is 1. The van der Waals surface area contributed by atoms with Gasteiger partial charge in [0.25, 0.3) is 0 Å². The van der Waals surface area contributed by atoms with E-state index in [1.807, 2.05) is 0 Å². The molecule has 1 aromatic rings. The Kier molecular flexibility index (Phi) is 4.31. The fourth-order valence-electron chi connectivity index (χ4n) is 2.13. The van der Waals surface area contributed by atoms with Crippen LogP contribution in [0.3, 0.4) is 0 Å². The van der Waals surface area contributed by atoms with E-state index in [2.05, 4.69) is 4.74 Å². The second-order valence-corrected chi connectivity index (χ2v) is 6.74. The number of nitrogens with zero attached hydrogens (tertiary/aromatic N) is 1. The van der Waals surface area contributed by atoms with Crippen LogP contribution in [0.2, 0.25) is 5.02 Å². The third kappa shape index (κ3) is 2.65. The minimum atomic E-state index is -4.00. The molecule has 0 N–H and O–H groups in total. The summed E-state index contributed by atoms with van der Waals surface area (Å²) in [4.78, 5) is 10.9. The third-order valence-corrected chi connectivity index (χ3v) is 5.39. The maximum atomic E-state index is 13.8. The van der Waals surface area contributed by atoms with Crippen molar-refractivity contribution in [2.75, 3.05) is 20.2 Å². The summed E-state index contributed by atoms with van der Waals surface area (Å²) in [5, 5.41) is -0.255. The molecule has 1 aromatic carbocycles. The van der Waals surface area contributed by atoms with Gasteiger partial charge in [0, 0.05) is 13.1 Å². The first-order chi connectivity index (χ1) is 9.37. The highest BCUT2D eigenvalue weighted by Crippen LogP contribution is 2.28. The molecule has 2 rings (SSSR count). The SMILES string of the molecule is COC(=O)C1CCN(S(=O)(=O)c2cccc(Cl)c2F)C1. The normalized spacial score (nSPS) is 20.1. The Labute approximate surface area is 121 Å². The lowest BCUT2D eigenvalue weighted by molar-refractivity contribution is -0.144. The van der Waals surface area contributed by atoms with E-state index < -0.39 is 32.6 Å². The summed E-state index contributed by atoms with van der Waals surface area (Å²) in [6, 6.07) is 3.80. The lowest BCUT2D eigenvalue weighted by Crippen LogP contribution is -2.31. The molecule has 1 aliphatic heterocycles. The summed E-state index contributed by atoms with van der Waals surface area (Å²) in [6.45, 7) is 0.134. The number of hydrogen-bond donors (Lipinski definition) is 0. The molecule has 0 amide bonds. The standard InChI is InChI=1S/C12H13ClFNO4S/c1-19-12(16)8-5-6-15(7-8)20(17,18)10-4-2-3-9(13)11(10)14/h2-4,8H,5-7H2,1H3. The second kappa shape index (κ2) is 5.67. The van der Waals surface area contributed by atoms with Crippen LogP contribution in [0.1, 0.15) is 6.42 Å². The highest BCUT2D eigenvalue weighted by Gasteiger charge is 2.37. The van der Waals surface area contributed by atoms with E-state index in [4.69, 9.17) is 11.6 Å². The van der Waals surface area contributed by atoms with Gasteiger partial charge in [-0.1, -0.05) is 17.7 Å². The Morgan fingerprint density at radius 1 is 1.50 bits per heavy atom. The minimum Gasteiger partial charge on any atom is -0.469 e. The van der Waals surface area contributed by atoms with Crippen LogP contribution < -0.4 is 0 Å². The Morgan fingerprint density at radius 2 is 2.20 bits per heavy atom. The molecule has 5 nitrogen and oxygen atoms in total. The van der Waals surface area contributed by atoms with Gasteiger partial charge in [0.15, 0.2) is 5.82 Å². The average molecular weight is 322 g/mol. The number of halogens is 2. The summed E-state index contributed by atoms with van der Waals surface area (Å²) in [7, 11) is -2.75. The number of hydrogen-bond acceptors (Lipinski definition) is 4. The smallest absolute Gasteiger partial charge is 0.310 e. The molecule has 20 heavy (non-hydrogen) atoms. The number of ether oxygens (including phenoxy) is 1. The molecule has 0 bridgehead atoms. The van der Waals surface area contributed by atoms with Crippen molar-refractivity contribution in [2.24, 2.45) is 5.92 Å². The summed E-state index contributed by atoms with van der Waals surface area (Å²) < 4.78 is 44.2. The Balaban J connectivity index is 2.29. The second-order valence-electron chi connectivity index (χ2n) is 4.42. The van der Waals surface area contributed by atoms with E-state index in [-0.39, 0.29) is 18.1 Å². The van der Waals surface area contributed by atoms with Gasteiger partial charge in [-0.2, -0.15) is 4.31 Å². The third-order valence-electron chi connectivity index (χ3n) is 3.22. The first kappa shape index (κ1) is 15.2. The van der Waals surface area contributed by atoms with Gasteiger partial charge in [0.05, 0.1) is 18.1 Å². The largest absolute Gasteiger partial charge is 0.469 e. The number of benzene rings is 1. The van der Waals surface area contributed by atoms with Gasteiger partial charge in [0.2, 0.25) is 10.0 Å². The van der Waals surface area contributed by atoms with Crippen molar-refractivity contribution in [3.8, 4) is 0 Å². The molecule has 1 aliphatic rings. The molecule has 1 heterocycles. The molecule has 0 aromatic heterocycles. The van der Waals surface area contributed by atoms with Crippen LogP contribution in [-0.2, 0) is 19.6 Å². The molecular weight excluding hydrogens is 309 g/mol. The van der Waals surface area contributed by atoms with Crippen molar-refractivity contribution in [1.29, 1.82) is 0 Å². The van der Waals surface area contributed by atoms with Crippen LogP contribution >= 0.6 is 11.6 Å². The molecule has 0 radical (unpaired) electrons. The van der Waals surface area contributed by atoms with E-state index in [0.717, 1.165) is 10.4 Å². The first-order valence-electron chi connectivity index (χ1n) is 5.90. The van der Waals surface area contributed by atoms with Gasteiger partial charge in [0.1, 0.15) is 4.90 Å². The van der Waals surface area contributed by atoms with Gasteiger partial charge < -0.3 is 4.74 Å². The Morgan fingerprint density at radius 3 is 2.85 bits per heavy atom. The number of esters is 1. The topological polar surface area (TPSA) is 63.7 Å². The average Bonchev–Trinajstić information content (AvgIpc) is 2.91.